The van der Waals surface area contributed by atoms with Crippen molar-refractivity contribution in [2.24, 2.45) is 0 Å². The lowest BCUT2D eigenvalue weighted by Crippen LogP contribution is -2.19. The standard InChI is InChI=1S/C15H10BrNO4S/c16-14-6-5-13(22-14)12(18)8-21-15(19)9-20-11-3-1-10(7-17)2-4-11/h1-6H,8-9H2. The van der Waals surface area contributed by atoms with Crippen LogP contribution in [0.2, 0.25) is 0 Å². The Balaban J connectivity index is 1.76. The number of hydrogen-bond donors (Lipinski definition) is 0. The summed E-state index contributed by atoms with van der Waals surface area (Å²) in [5, 5.41) is 8.67. The van der Waals surface area contributed by atoms with Gasteiger partial charge in [0.2, 0.25) is 5.78 Å². The molecule has 0 saturated carbocycles. The first-order valence-electron chi connectivity index (χ1n) is 6.15. The summed E-state index contributed by atoms with van der Waals surface area (Å²) in [5.41, 5.74) is 0.502. The van der Waals surface area contributed by atoms with Crippen LogP contribution in [-0.4, -0.2) is 25.0 Å². The van der Waals surface area contributed by atoms with Gasteiger partial charge in [-0.05, 0) is 52.3 Å². The third-order valence-electron chi connectivity index (χ3n) is 2.55. The summed E-state index contributed by atoms with van der Waals surface area (Å²) >= 11 is 4.54. The van der Waals surface area contributed by atoms with Crippen molar-refractivity contribution in [3.63, 3.8) is 0 Å². The van der Waals surface area contributed by atoms with E-state index in [9.17, 15) is 9.59 Å². The van der Waals surface area contributed by atoms with Crippen LogP contribution in [0.3, 0.4) is 0 Å². The van der Waals surface area contributed by atoms with E-state index in [1.165, 1.54) is 11.3 Å². The van der Waals surface area contributed by atoms with E-state index in [4.69, 9.17) is 14.7 Å². The fourth-order valence-electron chi connectivity index (χ4n) is 1.49. The lowest BCUT2D eigenvalue weighted by atomic mass is 10.2. The molecule has 112 valence electrons. The van der Waals surface area contributed by atoms with Gasteiger partial charge in [0.1, 0.15) is 5.75 Å². The summed E-state index contributed by atoms with van der Waals surface area (Å²) in [5.74, 6) is -0.444. The van der Waals surface area contributed by atoms with E-state index < -0.39 is 5.97 Å². The quantitative estimate of drug-likeness (QED) is 0.568. The van der Waals surface area contributed by atoms with Gasteiger partial charge in [-0.2, -0.15) is 5.26 Å². The molecule has 1 aromatic heterocycles. The average molecular weight is 380 g/mol. The van der Waals surface area contributed by atoms with Crippen molar-refractivity contribution >= 4 is 39.0 Å². The zero-order chi connectivity index (χ0) is 15.9. The third-order valence-corrected chi connectivity index (χ3v) is 4.22. The van der Waals surface area contributed by atoms with Gasteiger partial charge in [-0.3, -0.25) is 4.79 Å². The molecule has 22 heavy (non-hydrogen) atoms. The topological polar surface area (TPSA) is 76.4 Å². The van der Waals surface area contributed by atoms with Crippen LogP contribution < -0.4 is 4.74 Å². The zero-order valence-corrected chi connectivity index (χ0v) is 13.6. The maximum Gasteiger partial charge on any atom is 0.344 e. The van der Waals surface area contributed by atoms with Crippen molar-refractivity contribution in [2.45, 2.75) is 0 Å². The first-order valence-corrected chi connectivity index (χ1v) is 7.76. The van der Waals surface area contributed by atoms with Gasteiger partial charge >= 0.3 is 5.97 Å². The molecule has 0 aliphatic carbocycles. The summed E-state index contributed by atoms with van der Waals surface area (Å²) in [7, 11) is 0. The van der Waals surface area contributed by atoms with Crippen LogP contribution >= 0.6 is 27.3 Å². The Labute approximate surface area is 139 Å². The minimum Gasteiger partial charge on any atom is -0.482 e. The number of nitrogens with zero attached hydrogens (tertiary/aromatic N) is 1. The van der Waals surface area contributed by atoms with Gasteiger partial charge in [0.25, 0.3) is 0 Å². The lowest BCUT2D eigenvalue weighted by Gasteiger charge is -2.06. The molecule has 0 aliphatic rings. The monoisotopic (exact) mass is 379 g/mol. The predicted molar refractivity (Wildman–Crippen MR) is 84.0 cm³/mol. The van der Waals surface area contributed by atoms with Crippen molar-refractivity contribution in [1.82, 2.24) is 0 Å². The normalized spacial score (nSPS) is 9.82. The molecule has 5 nitrogen and oxygen atoms in total. The number of nitriles is 1. The summed E-state index contributed by atoms with van der Waals surface area (Å²) in [6, 6.07) is 11.7. The van der Waals surface area contributed by atoms with E-state index in [0.29, 0.717) is 16.2 Å². The second-order valence-corrected chi connectivity index (χ2v) is 6.58. The van der Waals surface area contributed by atoms with Crippen LogP contribution in [0.1, 0.15) is 15.2 Å². The molecular weight excluding hydrogens is 370 g/mol. The van der Waals surface area contributed by atoms with Crippen molar-refractivity contribution in [1.29, 1.82) is 5.26 Å². The predicted octanol–water partition coefficient (Wildman–Crippen LogP) is 3.19. The minimum absolute atomic E-state index is 0.262. The largest absolute Gasteiger partial charge is 0.482 e. The number of rotatable bonds is 6. The number of carbonyl (C=O) groups is 2. The van der Waals surface area contributed by atoms with Gasteiger partial charge < -0.3 is 9.47 Å². The summed E-state index contributed by atoms with van der Waals surface area (Å²) in [6.07, 6.45) is 0. The van der Waals surface area contributed by atoms with E-state index >= 15 is 0 Å². The van der Waals surface area contributed by atoms with Gasteiger partial charge in [-0.25, -0.2) is 4.79 Å². The number of hydrogen-bond acceptors (Lipinski definition) is 6. The second-order valence-electron chi connectivity index (χ2n) is 4.11. The highest BCUT2D eigenvalue weighted by atomic mass is 79.9. The maximum absolute atomic E-state index is 11.7. The summed E-state index contributed by atoms with van der Waals surface area (Å²) < 4.78 is 10.9. The van der Waals surface area contributed by atoms with E-state index in [0.717, 1.165) is 3.79 Å². The van der Waals surface area contributed by atoms with Crippen LogP contribution in [0, 0.1) is 11.3 Å². The van der Waals surface area contributed by atoms with Gasteiger partial charge in [0.15, 0.2) is 13.2 Å². The maximum atomic E-state index is 11.7. The smallest absolute Gasteiger partial charge is 0.344 e. The molecule has 0 aliphatic heterocycles. The molecule has 0 spiro atoms. The van der Waals surface area contributed by atoms with Gasteiger partial charge in [0.05, 0.1) is 20.3 Å². The Morgan fingerprint density at radius 1 is 1.14 bits per heavy atom. The van der Waals surface area contributed by atoms with Crippen LogP contribution in [0.15, 0.2) is 40.2 Å². The Bertz CT molecular complexity index is 718. The third kappa shape index (κ3) is 4.69. The average Bonchev–Trinajstić information content (AvgIpc) is 2.97. The van der Waals surface area contributed by atoms with Gasteiger partial charge in [0, 0.05) is 0 Å². The van der Waals surface area contributed by atoms with Crippen molar-refractivity contribution in [2.75, 3.05) is 13.2 Å². The van der Waals surface area contributed by atoms with Gasteiger partial charge in [-0.15, -0.1) is 11.3 Å². The Kier molecular flexibility index (Phi) is 5.69. The lowest BCUT2D eigenvalue weighted by molar-refractivity contribution is -0.144. The van der Waals surface area contributed by atoms with E-state index in [-0.39, 0.29) is 19.0 Å². The molecule has 0 amide bonds. The molecule has 0 saturated heterocycles. The SMILES string of the molecule is N#Cc1ccc(OCC(=O)OCC(=O)c2ccc(Br)s2)cc1. The number of halogens is 1. The van der Waals surface area contributed by atoms with E-state index in [2.05, 4.69) is 15.9 Å². The molecule has 2 aromatic rings. The molecule has 0 atom stereocenters. The minimum atomic E-state index is -0.631. The number of ketones is 1. The molecule has 7 heteroatoms. The fraction of sp³-hybridized carbons (Fsp3) is 0.133. The number of esters is 1. The molecule has 1 aromatic carbocycles. The molecular formula is C15H10BrNO4S. The number of carbonyl (C=O) groups excluding carboxylic acids is 2. The highest BCUT2D eigenvalue weighted by molar-refractivity contribution is 9.11. The molecule has 0 bridgehead atoms. The molecule has 1 heterocycles. The molecule has 0 unspecified atom stereocenters. The van der Waals surface area contributed by atoms with Crippen LogP contribution in [0.4, 0.5) is 0 Å². The first kappa shape index (κ1) is 16.2. The zero-order valence-electron chi connectivity index (χ0n) is 11.2. The number of ether oxygens (including phenoxy) is 2. The Hall–Kier alpha value is -2.17. The summed E-state index contributed by atoms with van der Waals surface area (Å²) in [6.45, 7) is -0.615. The Morgan fingerprint density at radius 3 is 2.45 bits per heavy atom. The van der Waals surface area contributed by atoms with Crippen molar-refractivity contribution in [3.8, 4) is 11.8 Å². The van der Waals surface area contributed by atoms with Crippen LogP contribution in [0.5, 0.6) is 5.75 Å². The fourth-order valence-corrected chi connectivity index (χ4v) is 2.80. The number of thiophene rings is 1. The van der Waals surface area contributed by atoms with E-state index in [1.807, 2.05) is 6.07 Å². The van der Waals surface area contributed by atoms with Gasteiger partial charge in [-0.1, -0.05) is 0 Å². The molecule has 2 rings (SSSR count). The van der Waals surface area contributed by atoms with Crippen LogP contribution in [0.25, 0.3) is 0 Å². The molecule has 0 N–H and O–H groups in total. The highest BCUT2D eigenvalue weighted by Crippen LogP contribution is 2.22. The Morgan fingerprint density at radius 2 is 1.86 bits per heavy atom. The van der Waals surface area contributed by atoms with Crippen LogP contribution in [-0.2, 0) is 9.53 Å². The second kappa shape index (κ2) is 7.73. The van der Waals surface area contributed by atoms with Crippen molar-refractivity contribution < 1.29 is 19.1 Å². The highest BCUT2D eigenvalue weighted by Gasteiger charge is 2.12. The van der Waals surface area contributed by atoms with Crippen molar-refractivity contribution in [3.05, 3.63) is 50.6 Å². The molecule has 0 fully saturated rings. The number of benzene rings is 1. The summed E-state index contributed by atoms with van der Waals surface area (Å²) in [4.78, 5) is 23.8. The number of Topliss-reactive ketones (excluding diaryl/α,β-unsaturated/α-hetero) is 1. The molecule has 0 radical (unpaired) electrons. The first-order chi connectivity index (χ1) is 10.6. The van der Waals surface area contributed by atoms with E-state index in [1.54, 1.807) is 36.4 Å².